The molecule has 0 saturated carbocycles. The fraction of sp³-hybridized carbons (Fsp3) is 0.400. The van der Waals surface area contributed by atoms with Crippen LogP contribution in [0.5, 0.6) is 5.75 Å². The van der Waals surface area contributed by atoms with Crippen molar-refractivity contribution in [2.75, 3.05) is 12.4 Å². The molecule has 0 radical (unpaired) electrons. The van der Waals surface area contributed by atoms with Crippen LogP contribution >= 0.6 is 0 Å². The summed E-state index contributed by atoms with van der Waals surface area (Å²) in [6.07, 6.45) is -4.76. The maximum absolute atomic E-state index is 12.5. The lowest BCUT2D eigenvalue weighted by atomic mass is 10.2. The molecule has 0 aliphatic rings. The van der Waals surface area contributed by atoms with Crippen LogP contribution in [0.2, 0.25) is 0 Å². The number of hydrogen-bond donors (Lipinski definition) is 1. The van der Waals surface area contributed by atoms with Crippen LogP contribution in [0.4, 0.5) is 18.9 Å². The van der Waals surface area contributed by atoms with Crippen molar-refractivity contribution in [2.24, 2.45) is 5.14 Å². The number of primary sulfonamides is 1. The van der Waals surface area contributed by atoms with Crippen LogP contribution in [-0.4, -0.2) is 25.7 Å². The quantitative estimate of drug-likeness (QED) is 0.485. The molecule has 11 heteroatoms. The monoisotopic (exact) mass is 328 g/mol. The normalized spacial score (nSPS) is 12.2. The van der Waals surface area contributed by atoms with E-state index in [0.29, 0.717) is 12.1 Å². The molecule has 0 spiro atoms. The summed E-state index contributed by atoms with van der Waals surface area (Å²) in [7, 11) is -3.69. The van der Waals surface area contributed by atoms with Gasteiger partial charge in [0.1, 0.15) is 0 Å². The van der Waals surface area contributed by atoms with E-state index in [2.05, 4.69) is 0 Å². The van der Waals surface area contributed by atoms with E-state index in [1.165, 1.54) is 0 Å². The van der Waals surface area contributed by atoms with Crippen LogP contribution in [0, 0.1) is 10.1 Å². The fourth-order valence-corrected chi connectivity index (χ4v) is 1.92. The molecule has 1 aromatic rings. The third-order valence-electron chi connectivity index (χ3n) is 2.31. The molecule has 118 valence electrons. The third kappa shape index (κ3) is 5.55. The topological polar surface area (TPSA) is 113 Å². The molecular weight excluding hydrogens is 317 g/mol. The highest BCUT2D eigenvalue weighted by Crippen LogP contribution is 2.36. The van der Waals surface area contributed by atoms with Gasteiger partial charge in [0.15, 0.2) is 5.75 Å². The average Bonchev–Trinajstić information content (AvgIpc) is 2.32. The number of nitrogens with two attached hydrogens (primary N) is 1. The molecule has 0 atom stereocenters. The van der Waals surface area contributed by atoms with Gasteiger partial charge in [-0.05, 0) is 18.6 Å². The van der Waals surface area contributed by atoms with Crippen molar-refractivity contribution >= 4 is 15.7 Å². The van der Waals surface area contributed by atoms with Crippen molar-refractivity contribution in [3.63, 3.8) is 0 Å². The Balaban J connectivity index is 2.85. The van der Waals surface area contributed by atoms with Crippen LogP contribution in [0.3, 0.4) is 0 Å². The molecule has 21 heavy (non-hydrogen) atoms. The van der Waals surface area contributed by atoms with Crippen LogP contribution in [0.15, 0.2) is 18.2 Å². The number of nitro benzene ring substituents is 1. The van der Waals surface area contributed by atoms with Crippen molar-refractivity contribution in [3.8, 4) is 5.75 Å². The number of halogens is 3. The predicted molar refractivity (Wildman–Crippen MR) is 66.2 cm³/mol. The SMILES string of the molecule is NS(=O)(=O)CCCOc1ccc(C(F)(F)F)cc1[N+](=O)[O-]. The first-order chi connectivity index (χ1) is 9.50. The highest BCUT2D eigenvalue weighted by atomic mass is 32.2. The molecule has 0 fully saturated rings. The van der Waals surface area contributed by atoms with E-state index in [4.69, 9.17) is 9.88 Å². The maximum atomic E-state index is 12.5. The van der Waals surface area contributed by atoms with Gasteiger partial charge in [-0.3, -0.25) is 10.1 Å². The summed E-state index contributed by atoms with van der Waals surface area (Å²) in [5.41, 5.74) is -2.02. The molecule has 0 saturated heterocycles. The second-order valence-corrected chi connectivity index (χ2v) is 5.74. The van der Waals surface area contributed by atoms with Gasteiger partial charge in [0, 0.05) is 6.07 Å². The first kappa shape index (κ1) is 17.2. The second kappa shape index (κ2) is 6.26. The zero-order chi connectivity index (χ0) is 16.3. The number of hydrogen-bond acceptors (Lipinski definition) is 5. The van der Waals surface area contributed by atoms with E-state index in [9.17, 15) is 31.7 Å². The van der Waals surface area contributed by atoms with Gasteiger partial charge in [-0.15, -0.1) is 0 Å². The second-order valence-electron chi connectivity index (χ2n) is 4.01. The van der Waals surface area contributed by atoms with Crippen molar-refractivity contribution in [1.29, 1.82) is 0 Å². The van der Waals surface area contributed by atoms with Crippen molar-refractivity contribution in [3.05, 3.63) is 33.9 Å². The lowest BCUT2D eigenvalue weighted by molar-refractivity contribution is -0.386. The van der Waals surface area contributed by atoms with Gasteiger partial charge in [-0.2, -0.15) is 13.2 Å². The Morgan fingerprint density at radius 3 is 2.43 bits per heavy atom. The number of rotatable bonds is 6. The zero-order valence-electron chi connectivity index (χ0n) is 10.5. The van der Waals surface area contributed by atoms with E-state index < -0.39 is 38.1 Å². The molecule has 0 heterocycles. The van der Waals surface area contributed by atoms with Gasteiger partial charge in [-0.25, -0.2) is 13.6 Å². The van der Waals surface area contributed by atoms with Crippen LogP contribution in [0.25, 0.3) is 0 Å². The van der Waals surface area contributed by atoms with Crippen molar-refractivity contribution in [1.82, 2.24) is 0 Å². The Morgan fingerprint density at radius 1 is 1.33 bits per heavy atom. The summed E-state index contributed by atoms with van der Waals surface area (Å²) in [5, 5.41) is 15.5. The van der Waals surface area contributed by atoms with E-state index in [1.807, 2.05) is 0 Å². The fourth-order valence-electron chi connectivity index (χ4n) is 1.40. The minimum Gasteiger partial charge on any atom is -0.487 e. The van der Waals surface area contributed by atoms with E-state index in [1.54, 1.807) is 0 Å². The Morgan fingerprint density at radius 2 is 1.95 bits per heavy atom. The molecule has 0 aliphatic heterocycles. The van der Waals surface area contributed by atoms with Gasteiger partial charge in [0.25, 0.3) is 0 Å². The average molecular weight is 328 g/mol. The van der Waals surface area contributed by atoms with Crippen molar-refractivity contribution < 1.29 is 31.2 Å². The summed E-state index contributed by atoms with van der Waals surface area (Å²) in [4.78, 5) is 9.73. The molecule has 0 amide bonds. The van der Waals surface area contributed by atoms with Gasteiger partial charge in [-0.1, -0.05) is 0 Å². The summed E-state index contributed by atoms with van der Waals surface area (Å²) in [6, 6.07) is 1.81. The minimum absolute atomic E-state index is 0.0446. The first-order valence-corrected chi connectivity index (χ1v) is 7.21. The Hall–Kier alpha value is -1.88. The first-order valence-electron chi connectivity index (χ1n) is 5.49. The molecule has 1 rings (SSSR count). The summed E-state index contributed by atoms with van der Waals surface area (Å²) >= 11 is 0. The molecule has 2 N–H and O–H groups in total. The minimum atomic E-state index is -4.71. The highest BCUT2D eigenvalue weighted by Gasteiger charge is 2.33. The standard InChI is InChI=1S/C10H11F3N2O5S/c11-10(12,13)7-2-3-9(8(6-7)15(16)17)20-4-1-5-21(14,18)19/h2-3,6H,1,4-5H2,(H2,14,18,19). The van der Waals surface area contributed by atoms with Gasteiger partial charge >= 0.3 is 11.9 Å². The zero-order valence-corrected chi connectivity index (χ0v) is 11.3. The molecule has 0 bridgehead atoms. The number of benzene rings is 1. The van der Waals surface area contributed by atoms with Crippen LogP contribution in [0.1, 0.15) is 12.0 Å². The Kier molecular flexibility index (Phi) is 5.12. The Bertz CT molecular complexity index is 630. The van der Waals surface area contributed by atoms with Gasteiger partial charge < -0.3 is 4.74 Å². The molecular formula is C10H11F3N2O5S. The largest absolute Gasteiger partial charge is 0.487 e. The number of nitro groups is 1. The number of sulfonamides is 1. The van der Waals surface area contributed by atoms with Gasteiger partial charge in [0.2, 0.25) is 10.0 Å². The number of alkyl halides is 3. The summed E-state index contributed by atoms with van der Waals surface area (Å²) in [6.45, 7) is -0.233. The molecule has 0 aliphatic carbocycles. The highest BCUT2D eigenvalue weighted by molar-refractivity contribution is 7.89. The van der Waals surface area contributed by atoms with Crippen LogP contribution in [-0.2, 0) is 16.2 Å². The lowest BCUT2D eigenvalue weighted by Crippen LogP contribution is -2.18. The van der Waals surface area contributed by atoms with E-state index in [-0.39, 0.29) is 18.8 Å². The van der Waals surface area contributed by atoms with E-state index >= 15 is 0 Å². The third-order valence-corrected chi connectivity index (χ3v) is 3.17. The number of nitrogens with zero attached hydrogens (tertiary/aromatic N) is 1. The van der Waals surface area contributed by atoms with Gasteiger partial charge in [0.05, 0.1) is 22.8 Å². The number of ether oxygens (including phenoxy) is 1. The smallest absolute Gasteiger partial charge is 0.416 e. The molecule has 7 nitrogen and oxygen atoms in total. The maximum Gasteiger partial charge on any atom is 0.416 e. The molecule has 0 aromatic heterocycles. The van der Waals surface area contributed by atoms with Crippen molar-refractivity contribution in [2.45, 2.75) is 12.6 Å². The Labute approximate surface area is 117 Å². The summed E-state index contributed by atoms with van der Waals surface area (Å²) in [5.74, 6) is -0.774. The van der Waals surface area contributed by atoms with E-state index in [0.717, 1.165) is 6.07 Å². The summed E-state index contributed by atoms with van der Waals surface area (Å²) < 4.78 is 63.6. The van der Waals surface area contributed by atoms with Crippen LogP contribution < -0.4 is 9.88 Å². The molecule has 0 unspecified atom stereocenters. The lowest BCUT2D eigenvalue weighted by Gasteiger charge is -2.10. The predicted octanol–water partition coefficient (Wildman–Crippen LogP) is 1.67. The molecule has 1 aromatic carbocycles.